The zero-order valence-electron chi connectivity index (χ0n) is 9.85. The molecule has 0 unspecified atom stereocenters. The molecule has 0 radical (unpaired) electrons. The summed E-state index contributed by atoms with van der Waals surface area (Å²) in [6.45, 7) is 4.60. The molecule has 1 aromatic heterocycles. The normalized spacial score (nSPS) is 12.0. The molecule has 0 fully saturated rings. The summed E-state index contributed by atoms with van der Waals surface area (Å²) in [6.07, 6.45) is -3.41. The van der Waals surface area contributed by atoms with Crippen LogP contribution in [0.2, 0.25) is 5.02 Å². The molecular formula is C11H14ClF3N2. The molecule has 0 saturated carbocycles. The molecule has 0 aliphatic rings. The van der Waals surface area contributed by atoms with E-state index in [1.54, 1.807) is 11.9 Å². The van der Waals surface area contributed by atoms with Crippen LogP contribution >= 0.6 is 11.6 Å². The Morgan fingerprint density at radius 1 is 1.41 bits per heavy atom. The average molecular weight is 267 g/mol. The molecule has 0 bridgehead atoms. The maximum Gasteiger partial charge on any atom is 0.418 e. The van der Waals surface area contributed by atoms with Gasteiger partial charge in [-0.25, -0.2) is 4.98 Å². The Morgan fingerprint density at radius 2 is 2.00 bits per heavy atom. The van der Waals surface area contributed by atoms with E-state index >= 15 is 0 Å². The molecule has 6 heteroatoms. The lowest BCUT2D eigenvalue weighted by Crippen LogP contribution is -2.24. The van der Waals surface area contributed by atoms with E-state index in [9.17, 15) is 13.2 Å². The highest BCUT2D eigenvalue weighted by atomic mass is 35.5. The third-order valence-electron chi connectivity index (χ3n) is 2.18. The van der Waals surface area contributed by atoms with Gasteiger partial charge in [-0.15, -0.1) is 0 Å². The van der Waals surface area contributed by atoms with Crippen molar-refractivity contribution in [3.63, 3.8) is 0 Å². The molecule has 0 saturated heterocycles. The molecule has 1 rings (SSSR count). The lowest BCUT2D eigenvalue weighted by atomic mass is 10.2. The van der Waals surface area contributed by atoms with E-state index in [1.807, 2.05) is 13.8 Å². The quantitative estimate of drug-likeness (QED) is 0.826. The van der Waals surface area contributed by atoms with E-state index in [4.69, 9.17) is 11.6 Å². The maximum absolute atomic E-state index is 12.6. The van der Waals surface area contributed by atoms with E-state index in [0.717, 1.165) is 12.3 Å². The van der Waals surface area contributed by atoms with Gasteiger partial charge >= 0.3 is 6.18 Å². The Balaban J connectivity index is 3.04. The molecule has 0 N–H and O–H groups in total. The lowest BCUT2D eigenvalue weighted by molar-refractivity contribution is -0.137. The average Bonchev–Trinajstić information content (AvgIpc) is 2.15. The number of anilines is 1. The fourth-order valence-corrected chi connectivity index (χ4v) is 1.71. The Morgan fingerprint density at radius 3 is 2.47 bits per heavy atom. The van der Waals surface area contributed by atoms with Crippen molar-refractivity contribution in [3.8, 4) is 0 Å². The van der Waals surface area contributed by atoms with Crippen LogP contribution in [0.5, 0.6) is 0 Å². The molecular weight excluding hydrogens is 253 g/mol. The van der Waals surface area contributed by atoms with Gasteiger partial charge in [0.2, 0.25) is 0 Å². The third-order valence-corrected chi connectivity index (χ3v) is 2.48. The Hall–Kier alpha value is -0.970. The SMILES string of the molecule is CC(C)CN(C)c1cc(C(F)(F)F)c(Cl)cn1. The second kappa shape index (κ2) is 5.12. The minimum absolute atomic E-state index is 0.274. The summed E-state index contributed by atoms with van der Waals surface area (Å²) in [5.74, 6) is 0.613. The summed E-state index contributed by atoms with van der Waals surface area (Å²) in [4.78, 5) is 5.58. The number of hydrogen-bond acceptors (Lipinski definition) is 2. The second-order valence-corrected chi connectivity index (χ2v) is 4.70. The first-order valence-electron chi connectivity index (χ1n) is 5.15. The number of halogens is 4. The fourth-order valence-electron chi connectivity index (χ4n) is 1.49. The van der Waals surface area contributed by atoms with Gasteiger partial charge in [0.1, 0.15) is 5.82 Å². The zero-order chi connectivity index (χ0) is 13.2. The number of pyridine rings is 1. The predicted octanol–water partition coefficient (Wildman–Crippen LogP) is 3.85. The van der Waals surface area contributed by atoms with Crippen LogP contribution in [0.25, 0.3) is 0 Å². The minimum atomic E-state index is -4.45. The van der Waals surface area contributed by atoms with Crippen LogP contribution in [0.3, 0.4) is 0 Å². The number of rotatable bonds is 3. The van der Waals surface area contributed by atoms with Gasteiger partial charge in [-0.3, -0.25) is 0 Å². The first kappa shape index (κ1) is 14.1. The zero-order valence-corrected chi connectivity index (χ0v) is 10.6. The van der Waals surface area contributed by atoms with Gasteiger partial charge in [-0.1, -0.05) is 25.4 Å². The standard InChI is InChI=1S/C11H14ClF3N2/c1-7(2)6-17(3)10-4-8(11(13,14)15)9(12)5-16-10/h4-5,7H,6H2,1-3H3. The van der Waals surface area contributed by atoms with Crippen LogP contribution in [0.1, 0.15) is 19.4 Å². The Labute approximate surface area is 103 Å². The van der Waals surface area contributed by atoms with Crippen molar-refractivity contribution in [2.75, 3.05) is 18.5 Å². The molecule has 0 aliphatic carbocycles. The van der Waals surface area contributed by atoms with Gasteiger partial charge in [-0.2, -0.15) is 13.2 Å². The lowest BCUT2D eigenvalue weighted by Gasteiger charge is -2.21. The molecule has 0 atom stereocenters. The number of alkyl halides is 3. The van der Waals surface area contributed by atoms with E-state index in [2.05, 4.69) is 4.98 Å². The largest absolute Gasteiger partial charge is 0.418 e. The second-order valence-electron chi connectivity index (χ2n) is 4.29. The van der Waals surface area contributed by atoms with Gasteiger partial charge in [-0.05, 0) is 12.0 Å². The van der Waals surface area contributed by atoms with E-state index in [-0.39, 0.29) is 10.8 Å². The Bertz CT molecular complexity index is 391. The third kappa shape index (κ3) is 3.77. The van der Waals surface area contributed by atoms with Crippen molar-refractivity contribution in [2.45, 2.75) is 20.0 Å². The molecule has 17 heavy (non-hydrogen) atoms. The monoisotopic (exact) mass is 266 g/mol. The van der Waals surface area contributed by atoms with Crippen molar-refractivity contribution in [1.82, 2.24) is 4.98 Å². The van der Waals surface area contributed by atoms with E-state index < -0.39 is 11.7 Å². The molecule has 0 aromatic carbocycles. The van der Waals surface area contributed by atoms with Crippen LogP contribution in [0, 0.1) is 5.92 Å². The summed E-state index contributed by atoms with van der Waals surface area (Å²) in [5.41, 5.74) is -0.847. The summed E-state index contributed by atoms with van der Waals surface area (Å²) in [5, 5.41) is -0.376. The van der Waals surface area contributed by atoms with Crippen LogP contribution in [-0.2, 0) is 6.18 Å². The Kier molecular flexibility index (Phi) is 4.25. The van der Waals surface area contributed by atoms with Crippen molar-refractivity contribution in [1.29, 1.82) is 0 Å². The molecule has 2 nitrogen and oxygen atoms in total. The highest BCUT2D eigenvalue weighted by molar-refractivity contribution is 6.31. The van der Waals surface area contributed by atoms with E-state index in [0.29, 0.717) is 12.5 Å². The molecule has 0 spiro atoms. The molecule has 96 valence electrons. The molecule has 0 aliphatic heterocycles. The number of hydrogen-bond donors (Lipinski definition) is 0. The topological polar surface area (TPSA) is 16.1 Å². The van der Waals surface area contributed by atoms with Crippen LogP contribution in [0.15, 0.2) is 12.3 Å². The van der Waals surface area contributed by atoms with Crippen molar-refractivity contribution >= 4 is 17.4 Å². The predicted molar refractivity (Wildman–Crippen MR) is 62.4 cm³/mol. The first-order valence-corrected chi connectivity index (χ1v) is 5.53. The van der Waals surface area contributed by atoms with Gasteiger partial charge in [0, 0.05) is 19.8 Å². The van der Waals surface area contributed by atoms with Gasteiger partial charge in [0.15, 0.2) is 0 Å². The van der Waals surface area contributed by atoms with Gasteiger partial charge < -0.3 is 4.90 Å². The molecule has 1 heterocycles. The first-order chi connectivity index (χ1) is 7.71. The van der Waals surface area contributed by atoms with Crippen LogP contribution in [0.4, 0.5) is 19.0 Å². The smallest absolute Gasteiger partial charge is 0.359 e. The van der Waals surface area contributed by atoms with Crippen LogP contribution in [-0.4, -0.2) is 18.6 Å². The van der Waals surface area contributed by atoms with Crippen LogP contribution < -0.4 is 4.90 Å². The fraction of sp³-hybridized carbons (Fsp3) is 0.545. The van der Waals surface area contributed by atoms with Crippen molar-refractivity contribution < 1.29 is 13.2 Å². The maximum atomic E-state index is 12.6. The highest BCUT2D eigenvalue weighted by Crippen LogP contribution is 2.35. The molecule has 0 amide bonds. The summed E-state index contributed by atoms with van der Waals surface area (Å²) >= 11 is 5.49. The van der Waals surface area contributed by atoms with E-state index in [1.165, 1.54) is 0 Å². The van der Waals surface area contributed by atoms with Crippen molar-refractivity contribution in [2.24, 2.45) is 5.92 Å². The number of nitrogens with zero attached hydrogens (tertiary/aromatic N) is 2. The summed E-state index contributed by atoms with van der Waals surface area (Å²) in [6, 6.07) is 0.977. The molecule has 1 aromatic rings. The summed E-state index contributed by atoms with van der Waals surface area (Å²) < 4.78 is 37.9. The highest BCUT2D eigenvalue weighted by Gasteiger charge is 2.34. The summed E-state index contributed by atoms with van der Waals surface area (Å²) in [7, 11) is 1.70. The van der Waals surface area contributed by atoms with Gasteiger partial charge in [0.05, 0.1) is 10.6 Å². The minimum Gasteiger partial charge on any atom is -0.359 e. The van der Waals surface area contributed by atoms with Gasteiger partial charge in [0.25, 0.3) is 0 Å². The number of aromatic nitrogens is 1. The van der Waals surface area contributed by atoms with Crippen molar-refractivity contribution in [3.05, 3.63) is 22.8 Å².